The minimum absolute atomic E-state index is 0.708. The first-order valence-electron chi connectivity index (χ1n) is 3.10. The monoisotopic (exact) mass is 243 g/mol. The molecule has 0 aromatic heterocycles. The molecule has 1 aliphatic heterocycles. The second-order valence-electron chi connectivity index (χ2n) is 2.51. The maximum atomic E-state index is 2.61. The maximum absolute atomic E-state index is 2.61. The van der Waals surface area contributed by atoms with Crippen LogP contribution in [0.2, 0.25) is 0 Å². The quantitative estimate of drug-likeness (QED) is 0.453. The van der Waals surface area contributed by atoms with E-state index in [1.165, 1.54) is 12.8 Å². The van der Waals surface area contributed by atoms with Gasteiger partial charge in [-0.2, -0.15) is 0 Å². The van der Waals surface area contributed by atoms with Crippen LogP contribution in [-0.2, 0) is 8.07 Å². The van der Waals surface area contributed by atoms with Crippen molar-refractivity contribution in [1.82, 2.24) is 0 Å². The molecule has 48 valence electrons. The predicted molar refractivity (Wildman–Crippen MR) is 49.5 cm³/mol. The molecule has 0 bridgehead atoms. The normalized spacial score (nSPS) is 40.9. The Hall–Kier alpha value is 1.08. The van der Waals surface area contributed by atoms with E-state index in [2.05, 4.69) is 35.1 Å². The lowest BCUT2D eigenvalue weighted by molar-refractivity contribution is 0.777. The third kappa shape index (κ3) is 1.32. The SMILES string of the molecule is C[C@@H]1CC[C@@H](C)[S+]1I. The highest BCUT2D eigenvalue weighted by molar-refractivity contribution is 14.2. The molecule has 8 heavy (non-hydrogen) atoms. The summed E-state index contributed by atoms with van der Waals surface area (Å²) in [5.74, 6) is 0. The van der Waals surface area contributed by atoms with E-state index >= 15 is 0 Å². The number of rotatable bonds is 0. The average Bonchev–Trinajstić information content (AvgIpc) is 1.98. The summed E-state index contributed by atoms with van der Waals surface area (Å²) in [6.45, 7) is 4.75. The van der Waals surface area contributed by atoms with Gasteiger partial charge in [-0.3, -0.25) is 0 Å². The van der Waals surface area contributed by atoms with Crippen LogP contribution in [0.5, 0.6) is 0 Å². The van der Waals surface area contributed by atoms with E-state index in [9.17, 15) is 0 Å². The first-order chi connectivity index (χ1) is 3.72. The first-order valence-corrected chi connectivity index (χ1v) is 6.99. The Balaban J connectivity index is 2.44. The molecule has 0 radical (unpaired) electrons. The van der Waals surface area contributed by atoms with Gasteiger partial charge in [0.15, 0.2) is 0 Å². The molecule has 1 heterocycles. The summed E-state index contributed by atoms with van der Waals surface area (Å²) in [5.41, 5.74) is 0. The molecule has 1 saturated heterocycles. The van der Waals surface area contributed by atoms with Crippen LogP contribution in [0.1, 0.15) is 26.7 Å². The molecule has 2 heteroatoms. The average molecular weight is 243 g/mol. The van der Waals surface area contributed by atoms with Crippen molar-refractivity contribution in [2.45, 2.75) is 37.2 Å². The second kappa shape index (κ2) is 2.78. The lowest BCUT2D eigenvalue weighted by Crippen LogP contribution is -2.10. The summed E-state index contributed by atoms with van der Waals surface area (Å²) in [5, 5.41) is 2.01. The third-order valence-corrected chi connectivity index (χ3v) is 8.97. The molecule has 0 aromatic rings. The molecule has 2 atom stereocenters. The van der Waals surface area contributed by atoms with Crippen LogP contribution in [0.25, 0.3) is 0 Å². The number of hydrogen-bond donors (Lipinski definition) is 0. The van der Waals surface area contributed by atoms with Gasteiger partial charge in [0.05, 0.1) is 8.07 Å². The van der Waals surface area contributed by atoms with E-state index < -0.39 is 0 Å². The minimum Gasteiger partial charge on any atom is -0.0162 e. The molecule has 0 amide bonds. The molecule has 1 aliphatic rings. The Labute approximate surface area is 66.4 Å². The zero-order chi connectivity index (χ0) is 6.15. The largest absolute Gasteiger partial charge is 0.251 e. The van der Waals surface area contributed by atoms with Crippen molar-refractivity contribution in [3.63, 3.8) is 0 Å². The highest BCUT2D eigenvalue weighted by atomic mass is 127. The van der Waals surface area contributed by atoms with Gasteiger partial charge in [-0.25, -0.2) is 0 Å². The topological polar surface area (TPSA) is 0 Å². The number of halogens is 1. The Kier molecular flexibility index (Phi) is 2.49. The molecular formula is C6H12IS+. The van der Waals surface area contributed by atoms with E-state index in [-0.39, 0.29) is 0 Å². The molecular weight excluding hydrogens is 231 g/mol. The van der Waals surface area contributed by atoms with Crippen LogP contribution in [0, 0.1) is 0 Å². The van der Waals surface area contributed by atoms with E-state index in [4.69, 9.17) is 0 Å². The van der Waals surface area contributed by atoms with E-state index in [1.54, 1.807) is 0 Å². The Morgan fingerprint density at radius 3 is 1.75 bits per heavy atom. The van der Waals surface area contributed by atoms with Crippen LogP contribution < -0.4 is 0 Å². The van der Waals surface area contributed by atoms with Gasteiger partial charge < -0.3 is 0 Å². The fraction of sp³-hybridized carbons (Fsp3) is 1.00. The van der Waals surface area contributed by atoms with Gasteiger partial charge in [0, 0.05) is 12.8 Å². The van der Waals surface area contributed by atoms with Gasteiger partial charge in [0.25, 0.3) is 21.2 Å². The molecule has 0 spiro atoms. The fourth-order valence-electron chi connectivity index (χ4n) is 1.09. The number of hydrogen-bond acceptors (Lipinski definition) is 0. The minimum atomic E-state index is 0.708. The molecule has 0 unspecified atom stereocenters. The highest BCUT2D eigenvalue weighted by Crippen LogP contribution is 2.33. The lowest BCUT2D eigenvalue weighted by Gasteiger charge is -1.98. The van der Waals surface area contributed by atoms with Crippen molar-refractivity contribution in [2.75, 3.05) is 0 Å². The van der Waals surface area contributed by atoms with Crippen molar-refractivity contribution in [2.24, 2.45) is 0 Å². The summed E-state index contributed by atoms with van der Waals surface area (Å²) in [6.07, 6.45) is 2.93. The van der Waals surface area contributed by atoms with E-state index in [1.807, 2.05) is 0 Å². The van der Waals surface area contributed by atoms with Crippen LogP contribution in [0.15, 0.2) is 0 Å². The molecule has 0 aromatic carbocycles. The van der Waals surface area contributed by atoms with Gasteiger partial charge in [-0.1, -0.05) is 0 Å². The molecule has 0 aliphatic carbocycles. The summed E-state index contributed by atoms with van der Waals surface area (Å²) in [4.78, 5) is 0. The van der Waals surface area contributed by atoms with E-state index in [0.717, 1.165) is 10.5 Å². The van der Waals surface area contributed by atoms with Crippen molar-refractivity contribution >= 4 is 29.3 Å². The van der Waals surface area contributed by atoms with Crippen molar-refractivity contribution < 1.29 is 0 Å². The molecule has 0 saturated carbocycles. The summed E-state index contributed by atoms with van der Waals surface area (Å²) in [7, 11) is 0.708. The maximum Gasteiger partial charge on any atom is 0.251 e. The third-order valence-electron chi connectivity index (χ3n) is 1.75. The Bertz CT molecular complexity index is 74.6. The summed E-state index contributed by atoms with van der Waals surface area (Å²) >= 11 is 2.61. The van der Waals surface area contributed by atoms with Gasteiger partial charge in [-0.05, 0) is 13.8 Å². The van der Waals surface area contributed by atoms with Gasteiger partial charge in [-0.15, -0.1) is 0 Å². The van der Waals surface area contributed by atoms with Crippen LogP contribution in [-0.4, -0.2) is 10.5 Å². The molecule has 0 N–H and O–H groups in total. The standard InChI is InChI=1S/C6H12IS/c1-5-3-4-6(2)8(5)7/h5-6H,3-4H2,1-2H3/q+1/t5-,6-/m1/s1. The van der Waals surface area contributed by atoms with Crippen molar-refractivity contribution in [3.05, 3.63) is 0 Å². The van der Waals surface area contributed by atoms with Gasteiger partial charge in [0.1, 0.15) is 10.5 Å². The van der Waals surface area contributed by atoms with E-state index in [0.29, 0.717) is 8.07 Å². The van der Waals surface area contributed by atoms with Gasteiger partial charge in [0.2, 0.25) is 0 Å². The van der Waals surface area contributed by atoms with Crippen LogP contribution >= 0.6 is 21.2 Å². The fourth-order valence-corrected chi connectivity index (χ4v) is 4.13. The Morgan fingerprint density at radius 2 is 1.62 bits per heavy atom. The zero-order valence-corrected chi connectivity index (χ0v) is 8.33. The van der Waals surface area contributed by atoms with Crippen molar-refractivity contribution in [1.29, 1.82) is 0 Å². The predicted octanol–water partition coefficient (Wildman–Crippen LogP) is 2.53. The summed E-state index contributed by atoms with van der Waals surface area (Å²) in [6, 6.07) is 0. The highest BCUT2D eigenvalue weighted by Gasteiger charge is 2.37. The smallest absolute Gasteiger partial charge is 0.0162 e. The Morgan fingerprint density at radius 1 is 1.25 bits per heavy atom. The van der Waals surface area contributed by atoms with Crippen molar-refractivity contribution in [3.8, 4) is 0 Å². The molecule has 0 nitrogen and oxygen atoms in total. The lowest BCUT2D eigenvalue weighted by atomic mass is 10.2. The van der Waals surface area contributed by atoms with Crippen LogP contribution in [0.3, 0.4) is 0 Å². The zero-order valence-electron chi connectivity index (χ0n) is 5.36. The molecule has 1 fully saturated rings. The first kappa shape index (κ1) is 7.19. The molecule has 1 rings (SSSR count). The van der Waals surface area contributed by atoms with Gasteiger partial charge >= 0.3 is 0 Å². The summed E-state index contributed by atoms with van der Waals surface area (Å²) < 4.78 is 0. The van der Waals surface area contributed by atoms with Crippen LogP contribution in [0.4, 0.5) is 0 Å². The second-order valence-corrected chi connectivity index (χ2v) is 7.80.